The van der Waals surface area contributed by atoms with E-state index in [2.05, 4.69) is 6.07 Å². The Kier molecular flexibility index (Phi) is 6.40. The van der Waals surface area contributed by atoms with Crippen LogP contribution in [0.3, 0.4) is 0 Å². The Balaban J connectivity index is 1.19. The van der Waals surface area contributed by atoms with Gasteiger partial charge in [-0.15, -0.1) is 0 Å². The van der Waals surface area contributed by atoms with Gasteiger partial charge in [-0.25, -0.2) is 13.2 Å². The molecule has 3 aromatic rings. The molecule has 180 valence electrons. The first-order valence-corrected chi connectivity index (χ1v) is 13.0. The second-order valence-corrected chi connectivity index (χ2v) is 10.7. The molecule has 35 heavy (non-hydrogen) atoms. The molecule has 5 rings (SSSR count). The third kappa shape index (κ3) is 4.85. The van der Waals surface area contributed by atoms with E-state index >= 15 is 0 Å². The van der Waals surface area contributed by atoms with E-state index in [1.165, 1.54) is 39.7 Å². The lowest BCUT2D eigenvalue weighted by atomic mass is 10.00. The molecule has 0 N–H and O–H groups in total. The van der Waals surface area contributed by atoms with Crippen molar-refractivity contribution < 1.29 is 22.7 Å². The number of hydrogen-bond donors (Lipinski definition) is 0. The fourth-order valence-electron chi connectivity index (χ4n) is 4.60. The summed E-state index contributed by atoms with van der Waals surface area (Å²) in [5.41, 5.74) is 4.71. The SMILES string of the molecule is O=C(OCC(=O)N1CCc2ccccc2C1)c1ccc(S(=O)(=O)N2CCc3ccccc3C2)cc1. The quantitative estimate of drug-likeness (QED) is 0.513. The number of ether oxygens (including phenoxy) is 1. The number of carbonyl (C=O) groups is 2. The summed E-state index contributed by atoms with van der Waals surface area (Å²) in [5.74, 6) is -0.913. The highest BCUT2D eigenvalue weighted by Gasteiger charge is 2.28. The number of sulfonamides is 1. The van der Waals surface area contributed by atoms with Gasteiger partial charge in [0.2, 0.25) is 10.0 Å². The second-order valence-electron chi connectivity index (χ2n) is 8.79. The summed E-state index contributed by atoms with van der Waals surface area (Å²) in [6.45, 7) is 1.47. The van der Waals surface area contributed by atoms with Crippen molar-refractivity contribution in [3.05, 3.63) is 101 Å². The van der Waals surface area contributed by atoms with Gasteiger partial charge in [-0.2, -0.15) is 4.31 Å². The molecular weight excluding hydrogens is 464 g/mol. The summed E-state index contributed by atoms with van der Waals surface area (Å²) >= 11 is 0. The first kappa shape index (κ1) is 23.3. The molecule has 0 bridgehead atoms. The molecule has 2 aliphatic heterocycles. The summed E-state index contributed by atoms with van der Waals surface area (Å²) in [7, 11) is -3.69. The van der Waals surface area contributed by atoms with Crippen LogP contribution in [0.5, 0.6) is 0 Å². The van der Waals surface area contributed by atoms with Crippen LogP contribution in [0.15, 0.2) is 77.7 Å². The van der Waals surface area contributed by atoms with E-state index in [0.717, 1.165) is 17.5 Å². The highest BCUT2D eigenvalue weighted by atomic mass is 32.2. The van der Waals surface area contributed by atoms with Gasteiger partial charge in [-0.1, -0.05) is 48.5 Å². The molecule has 0 saturated heterocycles. The molecule has 3 aromatic carbocycles. The van der Waals surface area contributed by atoms with Crippen molar-refractivity contribution in [3.63, 3.8) is 0 Å². The summed E-state index contributed by atoms with van der Waals surface area (Å²) in [6, 6.07) is 21.5. The van der Waals surface area contributed by atoms with E-state index in [9.17, 15) is 18.0 Å². The van der Waals surface area contributed by atoms with E-state index in [4.69, 9.17) is 4.74 Å². The Bertz CT molecular complexity index is 1370. The minimum Gasteiger partial charge on any atom is -0.452 e. The van der Waals surface area contributed by atoms with Crippen molar-refractivity contribution in [2.75, 3.05) is 19.7 Å². The van der Waals surface area contributed by atoms with Crippen molar-refractivity contribution in [1.82, 2.24) is 9.21 Å². The molecule has 0 fully saturated rings. The van der Waals surface area contributed by atoms with Crippen LogP contribution in [-0.2, 0) is 45.5 Å². The average molecular weight is 491 g/mol. The van der Waals surface area contributed by atoms with E-state index in [-0.39, 0.29) is 23.0 Å². The fraction of sp³-hybridized carbons (Fsp3) is 0.259. The summed E-state index contributed by atoms with van der Waals surface area (Å²) in [6.07, 6.45) is 1.44. The number of hydrogen-bond acceptors (Lipinski definition) is 5. The number of carbonyl (C=O) groups excluding carboxylic acids is 2. The van der Waals surface area contributed by atoms with E-state index < -0.39 is 16.0 Å². The zero-order valence-corrected chi connectivity index (χ0v) is 20.0. The summed E-state index contributed by atoms with van der Waals surface area (Å²) in [5, 5.41) is 0. The van der Waals surface area contributed by atoms with E-state index in [1.807, 2.05) is 42.5 Å². The Labute approximate surface area is 205 Å². The van der Waals surface area contributed by atoms with Crippen molar-refractivity contribution in [1.29, 1.82) is 0 Å². The second kappa shape index (κ2) is 9.64. The molecular formula is C27H26N2O5S. The molecule has 7 nitrogen and oxygen atoms in total. The average Bonchev–Trinajstić information content (AvgIpc) is 2.91. The Morgan fingerprint density at radius 2 is 1.31 bits per heavy atom. The van der Waals surface area contributed by atoms with Crippen LogP contribution < -0.4 is 0 Å². The van der Waals surface area contributed by atoms with Crippen LogP contribution in [0.25, 0.3) is 0 Å². The van der Waals surface area contributed by atoms with Crippen LogP contribution in [0.2, 0.25) is 0 Å². The van der Waals surface area contributed by atoms with Gasteiger partial charge in [0, 0.05) is 26.2 Å². The van der Waals surface area contributed by atoms with Crippen LogP contribution >= 0.6 is 0 Å². The van der Waals surface area contributed by atoms with Gasteiger partial charge in [-0.3, -0.25) is 4.79 Å². The van der Waals surface area contributed by atoms with Crippen molar-refractivity contribution in [2.45, 2.75) is 30.8 Å². The molecule has 0 atom stereocenters. The predicted molar refractivity (Wildman–Crippen MR) is 130 cm³/mol. The third-order valence-corrected chi connectivity index (χ3v) is 8.49. The van der Waals surface area contributed by atoms with Crippen LogP contribution in [0.4, 0.5) is 0 Å². The number of nitrogens with zero attached hydrogens (tertiary/aromatic N) is 2. The molecule has 0 saturated carbocycles. The lowest BCUT2D eigenvalue weighted by Gasteiger charge is -2.28. The molecule has 0 aliphatic carbocycles. The topological polar surface area (TPSA) is 84.0 Å². The Hall–Kier alpha value is -3.49. The Morgan fingerprint density at radius 3 is 1.97 bits per heavy atom. The summed E-state index contributed by atoms with van der Waals surface area (Å²) < 4.78 is 32.9. The van der Waals surface area contributed by atoms with Crippen molar-refractivity contribution in [3.8, 4) is 0 Å². The largest absolute Gasteiger partial charge is 0.452 e. The molecule has 8 heteroatoms. The maximum Gasteiger partial charge on any atom is 0.338 e. The minimum absolute atomic E-state index is 0.122. The van der Waals surface area contributed by atoms with Gasteiger partial charge in [-0.05, 0) is 59.4 Å². The molecule has 0 unspecified atom stereocenters. The summed E-state index contributed by atoms with van der Waals surface area (Å²) in [4.78, 5) is 26.8. The fourth-order valence-corrected chi connectivity index (χ4v) is 6.02. The van der Waals surface area contributed by atoms with Crippen molar-refractivity contribution in [2.24, 2.45) is 0 Å². The van der Waals surface area contributed by atoms with Gasteiger partial charge < -0.3 is 9.64 Å². The lowest BCUT2D eigenvalue weighted by molar-refractivity contribution is -0.135. The van der Waals surface area contributed by atoms with Crippen molar-refractivity contribution >= 4 is 21.9 Å². The van der Waals surface area contributed by atoms with Gasteiger partial charge in [0.15, 0.2) is 6.61 Å². The lowest BCUT2D eigenvalue weighted by Crippen LogP contribution is -2.38. The van der Waals surface area contributed by atoms with Crippen LogP contribution in [0, 0.1) is 0 Å². The molecule has 2 aliphatic rings. The van der Waals surface area contributed by atoms with Gasteiger partial charge in [0.25, 0.3) is 5.91 Å². The van der Waals surface area contributed by atoms with E-state index in [0.29, 0.717) is 32.6 Å². The molecule has 0 aromatic heterocycles. The molecule has 1 amide bonds. The molecule has 0 spiro atoms. The first-order chi connectivity index (χ1) is 16.9. The zero-order valence-electron chi connectivity index (χ0n) is 19.2. The number of rotatable bonds is 5. The maximum absolute atomic E-state index is 13.1. The molecule has 2 heterocycles. The van der Waals surface area contributed by atoms with E-state index in [1.54, 1.807) is 4.90 Å². The Morgan fingerprint density at radius 1 is 0.743 bits per heavy atom. The number of amides is 1. The smallest absolute Gasteiger partial charge is 0.338 e. The van der Waals surface area contributed by atoms with Gasteiger partial charge >= 0.3 is 5.97 Å². The number of esters is 1. The number of fused-ring (bicyclic) bond motifs is 2. The van der Waals surface area contributed by atoms with Gasteiger partial charge in [0.05, 0.1) is 10.5 Å². The maximum atomic E-state index is 13.1. The first-order valence-electron chi connectivity index (χ1n) is 11.6. The standard InChI is InChI=1S/C27H26N2O5S/c30-26(28-15-13-20-5-1-3-7-23(20)17-28)19-34-27(31)22-9-11-25(12-10-22)35(32,33)29-16-14-21-6-2-4-8-24(21)18-29/h1-12H,13-19H2. The zero-order chi connectivity index (χ0) is 24.4. The van der Waals surface area contributed by atoms with Crippen LogP contribution in [-0.4, -0.2) is 49.2 Å². The number of benzene rings is 3. The highest BCUT2D eigenvalue weighted by Crippen LogP contribution is 2.25. The normalized spacial score (nSPS) is 15.7. The predicted octanol–water partition coefficient (Wildman–Crippen LogP) is 3.18. The monoisotopic (exact) mass is 490 g/mol. The molecule has 0 radical (unpaired) electrons. The van der Waals surface area contributed by atoms with Gasteiger partial charge in [0.1, 0.15) is 0 Å². The highest BCUT2D eigenvalue weighted by molar-refractivity contribution is 7.89. The third-order valence-electron chi connectivity index (χ3n) is 6.63. The minimum atomic E-state index is -3.69. The van der Waals surface area contributed by atoms with Crippen LogP contribution in [0.1, 0.15) is 32.6 Å².